The molecule has 2 saturated heterocycles. The van der Waals surface area contributed by atoms with Gasteiger partial charge >= 0.3 is 0 Å². The maximum Gasteiger partial charge on any atom is 0.262 e. The van der Waals surface area contributed by atoms with Crippen LogP contribution in [0, 0.1) is 11.7 Å². The van der Waals surface area contributed by atoms with Crippen LogP contribution < -0.4 is 10.2 Å². The molecule has 0 unspecified atom stereocenters. The third-order valence-corrected chi connectivity index (χ3v) is 8.32. The lowest BCUT2D eigenvalue weighted by atomic mass is 9.97. The van der Waals surface area contributed by atoms with Gasteiger partial charge < -0.3 is 19.9 Å². The summed E-state index contributed by atoms with van der Waals surface area (Å²) in [6.07, 6.45) is 6.24. The number of ether oxygens (including phenoxy) is 1. The summed E-state index contributed by atoms with van der Waals surface area (Å²) >= 11 is 1.34. The summed E-state index contributed by atoms with van der Waals surface area (Å²) in [5.74, 6) is 0.839. The predicted molar refractivity (Wildman–Crippen MR) is 147 cm³/mol. The molecule has 198 valence electrons. The molecule has 2 aromatic heterocycles. The first-order chi connectivity index (χ1) is 18.0. The summed E-state index contributed by atoms with van der Waals surface area (Å²) in [6, 6.07) is 6.41. The van der Waals surface area contributed by atoms with Gasteiger partial charge in [0.05, 0.1) is 12.0 Å². The highest BCUT2D eigenvalue weighted by molar-refractivity contribution is 7.21. The van der Waals surface area contributed by atoms with Gasteiger partial charge in [0, 0.05) is 37.8 Å². The average Bonchev–Trinajstić information content (AvgIpc) is 3.54. The second kappa shape index (κ2) is 11.8. The number of piperidine rings is 1. The van der Waals surface area contributed by atoms with Crippen LogP contribution in [0.2, 0.25) is 0 Å². The van der Waals surface area contributed by atoms with E-state index in [2.05, 4.69) is 25.1 Å². The van der Waals surface area contributed by atoms with Crippen molar-refractivity contribution in [2.24, 2.45) is 5.92 Å². The standard InChI is InChI=1S/C28H36FN5O2S/c1-19(2)32-27(35)25-23(21-6-5-7-22(29)16-21)24-26(30-18-31-28(24)37-25)34-12-8-20(9-13-34)17-36-15-14-33-10-3-4-11-33/h5-7,16,18-20H,3-4,8-15,17H2,1-2H3,(H,32,35). The number of likely N-dealkylation sites (tertiary alicyclic amines) is 1. The molecular formula is C28H36FN5O2S. The van der Waals surface area contributed by atoms with E-state index in [1.54, 1.807) is 12.4 Å². The third-order valence-electron chi connectivity index (χ3n) is 7.23. The molecular weight excluding hydrogens is 489 g/mol. The van der Waals surface area contributed by atoms with Crippen molar-refractivity contribution in [2.45, 2.75) is 45.6 Å². The lowest BCUT2D eigenvalue weighted by Crippen LogP contribution is -2.36. The Bertz CT molecular complexity index is 1220. The van der Waals surface area contributed by atoms with E-state index in [0.29, 0.717) is 21.9 Å². The number of hydrogen-bond acceptors (Lipinski definition) is 7. The molecule has 0 bridgehead atoms. The number of benzene rings is 1. The van der Waals surface area contributed by atoms with Gasteiger partial charge in [0.2, 0.25) is 0 Å². The van der Waals surface area contributed by atoms with Gasteiger partial charge in [-0.25, -0.2) is 14.4 Å². The van der Waals surface area contributed by atoms with Crippen LogP contribution in [0.15, 0.2) is 30.6 Å². The van der Waals surface area contributed by atoms with Crippen LogP contribution >= 0.6 is 11.3 Å². The van der Waals surface area contributed by atoms with Crippen LogP contribution in [0.3, 0.4) is 0 Å². The molecule has 37 heavy (non-hydrogen) atoms. The molecule has 1 N–H and O–H groups in total. The molecule has 0 atom stereocenters. The zero-order valence-electron chi connectivity index (χ0n) is 21.7. The Hall–Kier alpha value is -2.62. The molecule has 9 heteroatoms. The van der Waals surface area contributed by atoms with Crippen LogP contribution in [0.4, 0.5) is 10.2 Å². The summed E-state index contributed by atoms with van der Waals surface area (Å²) in [4.78, 5) is 28.4. The van der Waals surface area contributed by atoms with Crippen molar-refractivity contribution in [3.63, 3.8) is 0 Å². The van der Waals surface area contributed by atoms with Gasteiger partial charge in [-0.15, -0.1) is 11.3 Å². The highest BCUT2D eigenvalue weighted by Crippen LogP contribution is 2.42. The average molecular weight is 526 g/mol. The van der Waals surface area contributed by atoms with Gasteiger partial charge in [0.15, 0.2) is 0 Å². The van der Waals surface area contributed by atoms with Crippen molar-refractivity contribution in [3.05, 3.63) is 41.3 Å². The quantitative estimate of drug-likeness (QED) is 0.398. The number of halogens is 1. The summed E-state index contributed by atoms with van der Waals surface area (Å²) in [5.41, 5.74) is 1.37. The number of aromatic nitrogens is 2. The summed E-state index contributed by atoms with van der Waals surface area (Å²) in [7, 11) is 0. The van der Waals surface area contributed by atoms with Crippen LogP contribution in [0.1, 0.15) is 49.2 Å². The van der Waals surface area contributed by atoms with Gasteiger partial charge in [-0.2, -0.15) is 0 Å². The maximum atomic E-state index is 14.3. The Balaban J connectivity index is 1.35. The van der Waals surface area contributed by atoms with Crippen LogP contribution in [-0.2, 0) is 4.74 Å². The van der Waals surface area contributed by atoms with Crippen molar-refractivity contribution in [1.29, 1.82) is 0 Å². The van der Waals surface area contributed by atoms with E-state index >= 15 is 0 Å². The second-order valence-corrected chi connectivity index (χ2v) is 11.4. The fourth-order valence-electron chi connectivity index (χ4n) is 5.33. The Morgan fingerprint density at radius 2 is 1.97 bits per heavy atom. The Morgan fingerprint density at radius 3 is 2.70 bits per heavy atom. The second-order valence-electron chi connectivity index (χ2n) is 10.4. The SMILES string of the molecule is CC(C)NC(=O)c1sc2ncnc(N3CCC(COCCN4CCCC4)CC3)c2c1-c1cccc(F)c1. The maximum absolute atomic E-state index is 14.3. The molecule has 0 aliphatic carbocycles. The molecule has 0 saturated carbocycles. The monoisotopic (exact) mass is 525 g/mol. The Labute approximate surface area is 222 Å². The fraction of sp³-hybridized carbons (Fsp3) is 0.536. The molecule has 2 fully saturated rings. The number of thiophene rings is 1. The Morgan fingerprint density at radius 1 is 1.19 bits per heavy atom. The number of nitrogens with one attached hydrogen (secondary N) is 1. The van der Waals surface area contributed by atoms with Crippen molar-refractivity contribution in [3.8, 4) is 11.1 Å². The number of nitrogens with zero attached hydrogens (tertiary/aromatic N) is 4. The first kappa shape index (κ1) is 26.0. The van der Waals surface area contributed by atoms with Gasteiger partial charge in [-0.3, -0.25) is 4.79 Å². The number of hydrogen-bond donors (Lipinski definition) is 1. The van der Waals surface area contributed by atoms with Crippen LogP contribution in [-0.4, -0.2) is 72.8 Å². The lowest BCUT2D eigenvalue weighted by molar-refractivity contribution is 0.0753. The highest BCUT2D eigenvalue weighted by Gasteiger charge is 2.28. The largest absolute Gasteiger partial charge is 0.380 e. The molecule has 7 nitrogen and oxygen atoms in total. The number of carbonyl (C=O) groups is 1. The molecule has 1 amide bonds. The molecule has 5 rings (SSSR count). The van der Waals surface area contributed by atoms with Crippen LogP contribution in [0.25, 0.3) is 21.3 Å². The van der Waals surface area contributed by atoms with Crippen molar-refractivity contribution >= 4 is 33.3 Å². The summed E-state index contributed by atoms with van der Waals surface area (Å²) < 4.78 is 20.3. The lowest BCUT2D eigenvalue weighted by Gasteiger charge is -2.33. The number of rotatable bonds is 9. The van der Waals surface area contributed by atoms with Crippen LogP contribution in [0.5, 0.6) is 0 Å². The van der Waals surface area contributed by atoms with E-state index in [9.17, 15) is 9.18 Å². The van der Waals surface area contributed by atoms with Gasteiger partial charge in [-0.05, 0) is 76.2 Å². The third kappa shape index (κ3) is 6.10. The number of carbonyl (C=O) groups excluding carboxylic acids is 1. The fourth-order valence-corrected chi connectivity index (χ4v) is 6.39. The van der Waals surface area contributed by atoms with E-state index in [1.807, 2.05) is 19.9 Å². The molecule has 2 aliphatic heterocycles. The predicted octanol–water partition coefficient (Wildman–Crippen LogP) is 4.96. The number of amides is 1. The zero-order chi connectivity index (χ0) is 25.8. The highest BCUT2D eigenvalue weighted by atomic mass is 32.1. The first-order valence-electron chi connectivity index (χ1n) is 13.4. The summed E-state index contributed by atoms with van der Waals surface area (Å²) in [5, 5.41) is 3.82. The van der Waals surface area contributed by atoms with E-state index in [1.165, 1.54) is 49.4 Å². The van der Waals surface area contributed by atoms with E-state index in [-0.39, 0.29) is 17.8 Å². The van der Waals surface area contributed by atoms with Gasteiger partial charge in [-0.1, -0.05) is 12.1 Å². The minimum absolute atomic E-state index is 0.0137. The van der Waals surface area contributed by atoms with Gasteiger partial charge in [0.1, 0.15) is 27.7 Å². The smallest absolute Gasteiger partial charge is 0.262 e. The van der Waals surface area contributed by atoms with E-state index in [4.69, 9.17) is 4.74 Å². The molecule has 4 heterocycles. The van der Waals surface area contributed by atoms with E-state index in [0.717, 1.165) is 61.7 Å². The van der Waals surface area contributed by atoms with Crippen molar-refractivity contribution in [2.75, 3.05) is 50.8 Å². The van der Waals surface area contributed by atoms with Crippen molar-refractivity contribution in [1.82, 2.24) is 20.2 Å². The molecule has 0 radical (unpaired) electrons. The molecule has 0 spiro atoms. The molecule has 2 aliphatic rings. The number of anilines is 1. The number of fused-ring (bicyclic) bond motifs is 1. The topological polar surface area (TPSA) is 70.6 Å². The Kier molecular flexibility index (Phi) is 8.32. The first-order valence-corrected chi connectivity index (χ1v) is 14.2. The summed E-state index contributed by atoms with van der Waals surface area (Å²) in [6.45, 7) is 10.6. The van der Waals surface area contributed by atoms with Gasteiger partial charge in [0.25, 0.3) is 5.91 Å². The molecule has 1 aromatic carbocycles. The zero-order valence-corrected chi connectivity index (χ0v) is 22.5. The van der Waals surface area contributed by atoms with E-state index < -0.39 is 0 Å². The minimum atomic E-state index is -0.337. The normalized spacial score (nSPS) is 17.2. The molecule has 3 aromatic rings. The minimum Gasteiger partial charge on any atom is -0.380 e. The van der Waals surface area contributed by atoms with Crippen molar-refractivity contribution < 1.29 is 13.9 Å².